The SMILES string of the molecule is Cn1nnn(-c2cccc(OC(F)F)c2COc2ccccc2Br)c1=O. The van der Waals surface area contributed by atoms with E-state index >= 15 is 0 Å². The molecule has 0 aliphatic heterocycles. The largest absolute Gasteiger partial charge is 0.487 e. The van der Waals surface area contributed by atoms with E-state index in [1.807, 2.05) is 6.07 Å². The molecule has 0 spiro atoms. The standard InChI is InChI=1S/C16H13BrF2N4O3/c1-22-16(24)23(21-20-22)12-6-4-8-13(26-15(18)19)10(12)9-25-14-7-3-2-5-11(14)17/h2-8,15H,9H2,1H3. The first-order valence-electron chi connectivity index (χ1n) is 7.41. The highest BCUT2D eigenvalue weighted by atomic mass is 79.9. The normalized spacial score (nSPS) is 11.0. The van der Waals surface area contributed by atoms with Gasteiger partial charge >= 0.3 is 12.3 Å². The van der Waals surface area contributed by atoms with E-state index in [-0.39, 0.29) is 23.6 Å². The molecular weight excluding hydrogens is 414 g/mol. The molecule has 10 heteroatoms. The molecule has 0 N–H and O–H groups in total. The number of rotatable bonds is 6. The number of para-hydroxylation sites is 1. The van der Waals surface area contributed by atoms with Crippen LogP contribution < -0.4 is 15.2 Å². The minimum Gasteiger partial charge on any atom is -0.487 e. The molecule has 0 aliphatic rings. The number of ether oxygens (including phenoxy) is 2. The number of hydrogen-bond donors (Lipinski definition) is 0. The number of hydrogen-bond acceptors (Lipinski definition) is 5. The van der Waals surface area contributed by atoms with Gasteiger partial charge in [0.2, 0.25) is 0 Å². The fourth-order valence-corrected chi connectivity index (χ4v) is 2.68. The number of tetrazole rings is 1. The van der Waals surface area contributed by atoms with Gasteiger partial charge in [-0.05, 0) is 50.6 Å². The summed E-state index contributed by atoms with van der Waals surface area (Å²) in [7, 11) is 1.43. The van der Waals surface area contributed by atoms with Crippen LogP contribution in [0.5, 0.6) is 11.5 Å². The van der Waals surface area contributed by atoms with Crippen molar-refractivity contribution in [3.8, 4) is 17.2 Å². The number of nitrogens with zero attached hydrogens (tertiary/aromatic N) is 4. The van der Waals surface area contributed by atoms with Crippen LogP contribution in [0.3, 0.4) is 0 Å². The summed E-state index contributed by atoms with van der Waals surface area (Å²) < 4.78 is 38.6. The lowest BCUT2D eigenvalue weighted by Gasteiger charge is -2.15. The molecule has 1 heterocycles. The molecular formula is C16H13BrF2N4O3. The van der Waals surface area contributed by atoms with Crippen LogP contribution in [0.4, 0.5) is 8.78 Å². The van der Waals surface area contributed by atoms with Crippen LogP contribution in [-0.2, 0) is 13.7 Å². The van der Waals surface area contributed by atoms with E-state index in [9.17, 15) is 13.6 Å². The maximum absolute atomic E-state index is 12.8. The van der Waals surface area contributed by atoms with E-state index in [1.54, 1.807) is 24.3 Å². The zero-order chi connectivity index (χ0) is 18.7. The van der Waals surface area contributed by atoms with Gasteiger partial charge in [0, 0.05) is 7.05 Å². The van der Waals surface area contributed by atoms with Gasteiger partial charge in [-0.3, -0.25) is 0 Å². The summed E-state index contributed by atoms with van der Waals surface area (Å²) in [4.78, 5) is 12.1. The highest BCUT2D eigenvalue weighted by molar-refractivity contribution is 9.10. The lowest BCUT2D eigenvalue weighted by atomic mass is 10.1. The maximum atomic E-state index is 12.8. The zero-order valence-corrected chi connectivity index (χ0v) is 15.1. The zero-order valence-electron chi connectivity index (χ0n) is 13.5. The molecule has 0 amide bonds. The number of halogens is 3. The number of aromatic nitrogens is 4. The van der Waals surface area contributed by atoms with Crippen LogP contribution in [0.25, 0.3) is 5.69 Å². The molecule has 0 unspecified atom stereocenters. The van der Waals surface area contributed by atoms with Crippen molar-refractivity contribution >= 4 is 15.9 Å². The van der Waals surface area contributed by atoms with Gasteiger partial charge in [0.1, 0.15) is 18.1 Å². The molecule has 1 aromatic heterocycles. The highest BCUT2D eigenvalue weighted by Gasteiger charge is 2.18. The highest BCUT2D eigenvalue weighted by Crippen LogP contribution is 2.30. The summed E-state index contributed by atoms with van der Waals surface area (Å²) >= 11 is 3.35. The Hall–Kier alpha value is -2.75. The van der Waals surface area contributed by atoms with Crippen LogP contribution >= 0.6 is 15.9 Å². The summed E-state index contributed by atoms with van der Waals surface area (Å²) in [5.41, 5.74) is -0.0409. The number of aryl methyl sites for hydroxylation is 1. The minimum atomic E-state index is -3.02. The second kappa shape index (κ2) is 7.65. The smallest absolute Gasteiger partial charge is 0.387 e. The molecule has 3 rings (SSSR count). The lowest BCUT2D eigenvalue weighted by Crippen LogP contribution is -2.23. The molecule has 0 fully saturated rings. The first kappa shape index (κ1) is 18.1. The van der Waals surface area contributed by atoms with Crippen LogP contribution in [0.1, 0.15) is 5.56 Å². The fraction of sp³-hybridized carbons (Fsp3) is 0.188. The average molecular weight is 427 g/mol. The van der Waals surface area contributed by atoms with Crippen LogP contribution in [-0.4, -0.2) is 26.4 Å². The van der Waals surface area contributed by atoms with Crippen molar-refractivity contribution in [2.45, 2.75) is 13.2 Å². The van der Waals surface area contributed by atoms with E-state index < -0.39 is 12.3 Å². The topological polar surface area (TPSA) is 71.2 Å². The first-order valence-corrected chi connectivity index (χ1v) is 8.20. The molecule has 0 aliphatic carbocycles. The average Bonchev–Trinajstić information content (AvgIpc) is 2.93. The molecule has 2 aromatic carbocycles. The van der Waals surface area contributed by atoms with E-state index in [0.717, 1.165) is 9.36 Å². The quantitative estimate of drug-likeness (QED) is 0.605. The van der Waals surface area contributed by atoms with Gasteiger partial charge < -0.3 is 9.47 Å². The minimum absolute atomic E-state index is 0.109. The molecule has 0 saturated heterocycles. The summed E-state index contributed by atoms with van der Waals surface area (Å²) in [6.07, 6.45) is 0. The van der Waals surface area contributed by atoms with Gasteiger partial charge in [0.15, 0.2) is 0 Å². The summed E-state index contributed by atoms with van der Waals surface area (Å²) in [6.45, 7) is -3.14. The van der Waals surface area contributed by atoms with Crippen molar-refractivity contribution in [3.05, 3.63) is 63.0 Å². The van der Waals surface area contributed by atoms with Crippen molar-refractivity contribution in [3.63, 3.8) is 0 Å². The monoisotopic (exact) mass is 426 g/mol. The van der Waals surface area contributed by atoms with E-state index in [2.05, 4.69) is 31.1 Å². The third-order valence-electron chi connectivity index (χ3n) is 3.48. The van der Waals surface area contributed by atoms with Gasteiger partial charge in [-0.1, -0.05) is 18.2 Å². The Labute approximate surface area is 154 Å². The predicted molar refractivity (Wildman–Crippen MR) is 91.7 cm³/mol. The Balaban J connectivity index is 2.03. The maximum Gasteiger partial charge on any atom is 0.387 e. The number of alkyl halides is 2. The molecule has 0 saturated carbocycles. The Morgan fingerprint density at radius 2 is 1.85 bits per heavy atom. The second-order valence-corrected chi connectivity index (χ2v) is 6.00. The molecule has 0 bridgehead atoms. The van der Waals surface area contributed by atoms with Gasteiger partial charge in [0.05, 0.1) is 15.7 Å². The van der Waals surface area contributed by atoms with Crippen LogP contribution in [0, 0.1) is 0 Å². The fourth-order valence-electron chi connectivity index (χ4n) is 2.28. The third-order valence-corrected chi connectivity index (χ3v) is 4.14. The van der Waals surface area contributed by atoms with Gasteiger partial charge in [0.25, 0.3) is 0 Å². The van der Waals surface area contributed by atoms with E-state index in [1.165, 1.54) is 19.2 Å². The van der Waals surface area contributed by atoms with Crippen LogP contribution in [0.15, 0.2) is 51.7 Å². The molecule has 26 heavy (non-hydrogen) atoms. The molecule has 3 aromatic rings. The predicted octanol–water partition coefficient (Wildman–Crippen LogP) is 2.91. The Bertz CT molecular complexity index is 974. The summed E-state index contributed by atoms with van der Waals surface area (Å²) in [5, 5.41) is 7.38. The Kier molecular flexibility index (Phi) is 5.31. The van der Waals surface area contributed by atoms with Gasteiger partial charge in [-0.15, -0.1) is 0 Å². The van der Waals surface area contributed by atoms with E-state index in [0.29, 0.717) is 10.2 Å². The van der Waals surface area contributed by atoms with Gasteiger partial charge in [-0.25, -0.2) is 4.79 Å². The first-order chi connectivity index (χ1) is 12.5. The lowest BCUT2D eigenvalue weighted by molar-refractivity contribution is -0.0508. The van der Waals surface area contributed by atoms with Crippen molar-refractivity contribution < 1.29 is 18.3 Å². The van der Waals surface area contributed by atoms with Gasteiger partial charge in [-0.2, -0.15) is 18.1 Å². The van der Waals surface area contributed by atoms with Crippen molar-refractivity contribution in [2.24, 2.45) is 7.05 Å². The van der Waals surface area contributed by atoms with Crippen LogP contribution in [0.2, 0.25) is 0 Å². The van der Waals surface area contributed by atoms with Crippen molar-refractivity contribution in [2.75, 3.05) is 0 Å². The molecule has 0 atom stereocenters. The number of benzene rings is 2. The third kappa shape index (κ3) is 3.74. The van der Waals surface area contributed by atoms with E-state index in [4.69, 9.17) is 4.74 Å². The molecule has 0 radical (unpaired) electrons. The molecule has 7 nitrogen and oxygen atoms in total. The summed E-state index contributed by atoms with van der Waals surface area (Å²) in [6, 6.07) is 11.5. The summed E-state index contributed by atoms with van der Waals surface area (Å²) in [5.74, 6) is 0.402. The Morgan fingerprint density at radius 1 is 1.12 bits per heavy atom. The Morgan fingerprint density at radius 3 is 2.50 bits per heavy atom. The second-order valence-electron chi connectivity index (χ2n) is 5.15. The van der Waals surface area contributed by atoms with Crippen molar-refractivity contribution in [1.29, 1.82) is 0 Å². The molecule has 136 valence electrons. The van der Waals surface area contributed by atoms with Crippen molar-refractivity contribution in [1.82, 2.24) is 19.8 Å².